The van der Waals surface area contributed by atoms with Crippen LogP contribution in [0.25, 0.3) is 0 Å². The van der Waals surface area contributed by atoms with E-state index >= 15 is 0 Å². The van der Waals surface area contributed by atoms with E-state index in [4.69, 9.17) is 10.3 Å². The third-order valence-electron chi connectivity index (χ3n) is 2.11. The predicted molar refractivity (Wildman–Crippen MR) is 86.9 cm³/mol. The number of rotatable bonds is 4. The van der Waals surface area contributed by atoms with Crippen LogP contribution in [0.5, 0.6) is 0 Å². The highest BCUT2D eigenvalue weighted by Crippen LogP contribution is 2.09. The van der Waals surface area contributed by atoms with Crippen molar-refractivity contribution in [3.8, 4) is 0 Å². The van der Waals surface area contributed by atoms with Gasteiger partial charge in [0.25, 0.3) is 0 Å². The normalized spacial score (nSPS) is 12.4. The van der Waals surface area contributed by atoms with Crippen LogP contribution in [0.4, 0.5) is 0 Å². The minimum absolute atomic E-state index is 0. The van der Waals surface area contributed by atoms with Crippen LogP contribution in [-0.2, 0) is 6.42 Å². The monoisotopic (exact) mass is 381 g/mol. The molecule has 0 aliphatic rings. The molecule has 0 spiro atoms. The molecule has 0 saturated carbocycles. The zero-order valence-electron chi connectivity index (χ0n) is 12.2. The van der Waals surface area contributed by atoms with Gasteiger partial charge < -0.3 is 15.6 Å². The molecule has 7 heteroatoms. The predicted octanol–water partition coefficient (Wildman–Crippen LogP) is 2.06. The molecule has 0 aliphatic carbocycles. The van der Waals surface area contributed by atoms with Crippen LogP contribution >= 0.6 is 24.0 Å². The van der Waals surface area contributed by atoms with Crippen molar-refractivity contribution in [2.45, 2.75) is 52.5 Å². The van der Waals surface area contributed by atoms with E-state index in [0.717, 1.165) is 5.82 Å². The molecule has 0 bridgehead atoms. The number of hydrogen-bond donors (Lipinski definition) is 2. The molecule has 0 amide bonds. The summed E-state index contributed by atoms with van der Waals surface area (Å²) in [5.74, 6) is 2.05. The van der Waals surface area contributed by atoms with Crippen molar-refractivity contribution in [1.29, 1.82) is 0 Å². The average Bonchev–Trinajstić information content (AvgIpc) is 2.63. The molecule has 0 radical (unpaired) electrons. The summed E-state index contributed by atoms with van der Waals surface area (Å²) in [5, 5.41) is 6.98. The Bertz CT molecular complexity index is 408. The smallest absolute Gasteiger partial charge is 0.228 e. The highest BCUT2D eigenvalue weighted by atomic mass is 127. The third kappa shape index (κ3) is 7.34. The summed E-state index contributed by atoms with van der Waals surface area (Å²) in [7, 11) is 0. The van der Waals surface area contributed by atoms with Crippen LogP contribution in [-0.4, -0.2) is 28.2 Å². The lowest BCUT2D eigenvalue weighted by Gasteiger charge is -2.20. The molecule has 1 rings (SSSR count). The topological polar surface area (TPSA) is 89.3 Å². The third-order valence-corrected chi connectivity index (χ3v) is 2.11. The summed E-state index contributed by atoms with van der Waals surface area (Å²) in [6.07, 6.45) is 0.603. The average molecular weight is 381 g/mol. The van der Waals surface area contributed by atoms with Crippen LogP contribution in [0.15, 0.2) is 9.52 Å². The van der Waals surface area contributed by atoms with Crippen molar-refractivity contribution in [3.05, 3.63) is 11.7 Å². The molecule has 0 saturated heterocycles. The summed E-state index contributed by atoms with van der Waals surface area (Å²) in [6.45, 7) is 10.7. The van der Waals surface area contributed by atoms with Gasteiger partial charge in [0, 0.05) is 17.9 Å². The Kier molecular flexibility index (Phi) is 7.32. The first-order chi connectivity index (χ1) is 8.28. The van der Waals surface area contributed by atoms with Crippen LogP contribution in [0.1, 0.15) is 52.3 Å². The van der Waals surface area contributed by atoms with Gasteiger partial charge in [-0.25, -0.2) is 0 Å². The van der Waals surface area contributed by atoms with E-state index in [1.54, 1.807) is 0 Å². The summed E-state index contributed by atoms with van der Waals surface area (Å²) in [6, 6.07) is 0. The van der Waals surface area contributed by atoms with Crippen molar-refractivity contribution < 1.29 is 4.52 Å². The molecular formula is C12H24IN5O. The molecule has 19 heavy (non-hydrogen) atoms. The van der Waals surface area contributed by atoms with E-state index < -0.39 is 0 Å². The zero-order valence-corrected chi connectivity index (χ0v) is 14.6. The molecule has 1 aromatic rings. The van der Waals surface area contributed by atoms with Crippen LogP contribution in [0.3, 0.4) is 0 Å². The molecule has 0 unspecified atom stereocenters. The van der Waals surface area contributed by atoms with Gasteiger partial charge in [0.1, 0.15) is 0 Å². The van der Waals surface area contributed by atoms with Crippen molar-refractivity contribution in [2.24, 2.45) is 10.7 Å². The van der Waals surface area contributed by atoms with Gasteiger partial charge in [-0.2, -0.15) is 4.98 Å². The molecule has 0 aliphatic heterocycles. The van der Waals surface area contributed by atoms with E-state index in [2.05, 4.69) is 20.4 Å². The van der Waals surface area contributed by atoms with Crippen molar-refractivity contribution in [1.82, 2.24) is 15.5 Å². The number of nitrogens with zero attached hydrogens (tertiary/aromatic N) is 3. The second-order valence-electron chi connectivity index (χ2n) is 5.59. The van der Waals surface area contributed by atoms with Crippen molar-refractivity contribution in [3.63, 3.8) is 0 Å². The van der Waals surface area contributed by atoms with Crippen LogP contribution in [0.2, 0.25) is 0 Å². The maximum atomic E-state index is 5.75. The number of nitrogens with one attached hydrogen (secondary N) is 1. The lowest BCUT2D eigenvalue weighted by molar-refractivity contribution is 0.372. The SMILES string of the molecule is CC(C)c1noc(CCN=C(N)NC(C)(C)C)n1.I. The molecule has 1 heterocycles. The number of guanidine groups is 1. The minimum Gasteiger partial charge on any atom is -0.370 e. The number of nitrogens with two attached hydrogens (primary N) is 1. The van der Waals surface area contributed by atoms with Gasteiger partial charge in [-0.05, 0) is 20.8 Å². The molecule has 3 N–H and O–H groups in total. The van der Waals surface area contributed by atoms with Gasteiger partial charge in [-0.15, -0.1) is 24.0 Å². The number of halogens is 1. The van der Waals surface area contributed by atoms with Crippen molar-refractivity contribution >= 4 is 29.9 Å². The minimum atomic E-state index is -0.0805. The zero-order chi connectivity index (χ0) is 13.8. The fourth-order valence-electron chi connectivity index (χ4n) is 1.30. The Morgan fingerprint density at radius 2 is 2.05 bits per heavy atom. The maximum Gasteiger partial charge on any atom is 0.228 e. The van der Waals surface area contributed by atoms with Gasteiger partial charge >= 0.3 is 0 Å². The van der Waals surface area contributed by atoms with Gasteiger partial charge in [-0.3, -0.25) is 4.99 Å². The lowest BCUT2D eigenvalue weighted by atomic mass is 10.1. The van der Waals surface area contributed by atoms with E-state index in [1.165, 1.54) is 0 Å². The van der Waals surface area contributed by atoms with E-state index in [0.29, 0.717) is 24.8 Å². The van der Waals surface area contributed by atoms with Gasteiger partial charge in [0.2, 0.25) is 5.89 Å². The van der Waals surface area contributed by atoms with Gasteiger partial charge in [0.15, 0.2) is 11.8 Å². The molecular weight excluding hydrogens is 357 g/mol. The van der Waals surface area contributed by atoms with Crippen molar-refractivity contribution in [2.75, 3.05) is 6.54 Å². The van der Waals surface area contributed by atoms with E-state index in [1.807, 2.05) is 34.6 Å². The molecule has 1 aromatic heterocycles. The van der Waals surface area contributed by atoms with Gasteiger partial charge in [-0.1, -0.05) is 19.0 Å². The highest BCUT2D eigenvalue weighted by molar-refractivity contribution is 14.0. The molecule has 0 aromatic carbocycles. The second-order valence-corrected chi connectivity index (χ2v) is 5.59. The Morgan fingerprint density at radius 1 is 1.42 bits per heavy atom. The van der Waals surface area contributed by atoms with Gasteiger partial charge in [0.05, 0.1) is 6.54 Å². The van der Waals surface area contributed by atoms with E-state index in [-0.39, 0.29) is 35.4 Å². The summed E-state index contributed by atoms with van der Waals surface area (Å²) in [4.78, 5) is 8.49. The highest BCUT2D eigenvalue weighted by Gasteiger charge is 2.11. The molecule has 0 fully saturated rings. The summed E-state index contributed by atoms with van der Waals surface area (Å²) in [5.41, 5.74) is 5.67. The molecule has 6 nitrogen and oxygen atoms in total. The number of hydrogen-bond acceptors (Lipinski definition) is 4. The first-order valence-corrected chi connectivity index (χ1v) is 6.18. The fourth-order valence-corrected chi connectivity index (χ4v) is 1.30. The standard InChI is InChI=1S/C12H23N5O.HI/c1-8(2)10-15-9(18-17-10)6-7-14-11(13)16-12(3,4)5;/h8H,6-7H2,1-5H3,(H3,13,14,16);1H. The first-order valence-electron chi connectivity index (χ1n) is 6.18. The second kappa shape index (κ2) is 7.66. The lowest BCUT2D eigenvalue weighted by Crippen LogP contribution is -2.45. The van der Waals surface area contributed by atoms with E-state index in [9.17, 15) is 0 Å². The Balaban J connectivity index is 0.00000324. The number of aliphatic imine (C=N–C) groups is 1. The maximum absolute atomic E-state index is 5.75. The largest absolute Gasteiger partial charge is 0.370 e. The first kappa shape index (κ1) is 18.1. The Hall–Kier alpha value is -0.860. The summed E-state index contributed by atoms with van der Waals surface area (Å²) < 4.78 is 5.12. The summed E-state index contributed by atoms with van der Waals surface area (Å²) >= 11 is 0. The van der Waals surface area contributed by atoms with Crippen LogP contribution in [0, 0.1) is 0 Å². The Labute approximate surface area is 131 Å². The molecule has 0 atom stereocenters. The Morgan fingerprint density at radius 3 is 2.53 bits per heavy atom. The molecule has 110 valence electrons. The number of aromatic nitrogens is 2. The van der Waals surface area contributed by atoms with Crippen LogP contribution < -0.4 is 11.1 Å². The fraction of sp³-hybridized carbons (Fsp3) is 0.750. The quantitative estimate of drug-likeness (QED) is 0.474.